The summed E-state index contributed by atoms with van der Waals surface area (Å²) in [7, 11) is 2.02. The molecule has 1 N–H and O–H groups in total. The van der Waals surface area contributed by atoms with Gasteiger partial charge in [-0.05, 0) is 56.5 Å². The summed E-state index contributed by atoms with van der Waals surface area (Å²) in [4.78, 5) is 0. The van der Waals surface area contributed by atoms with Crippen molar-refractivity contribution in [2.75, 3.05) is 20.2 Å². The molecule has 1 aliphatic rings. The maximum atomic E-state index is 5.42. The van der Waals surface area contributed by atoms with E-state index in [0.717, 1.165) is 30.7 Å². The molecule has 1 saturated carbocycles. The third kappa shape index (κ3) is 2.51. The molecule has 0 unspecified atom stereocenters. The van der Waals surface area contributed by atoms with Gasteiger partial charge in [-0.2, -0.15) is 0 Å². The monoisotopic (exact) mass is 205 g/mol. The Kier molecular flexibility index (Phi) is 3.27. The van der Waals surface area contributed by atoms with E-state index in [1.807, 2.05) is 14.0 Å². The van der Waals surface area contributed by atoms with Crippen LogP contribution in [-0.2, 0) is 0 Å². The first-order valence-corrected chi connectivity index (χ1v) is 5.72. The van der Waals surface area contributed by atoms with Crippen molar-refractivity contribution in [2.24, 2.45) is 5.92 Å². The van der Waals surface area contributed by atoms with Gasteiger partial charge in [0.1, 0.15) is 5.75 Å². The van der Waals surface area contributed by atoms with Gasteiger partial charge in [-0.25, -0.2) is 0 Å². The first-order valence-electron chi connectivity index (χ1n) is 5.72. The SMILES string of the molecule is CCOc1ccc([C@H]2C[C@@H]2CNC)cc1. The quantitative estimate of drug-likeness (QED) is 0.797. The summed E-state index contributed by atoms with van der Waals surface area (Å²) in [6.45, 7) is 3.89. The van der Waals surface area contributed by atoms with Crippen molar-refractivity contribution in [1.29, 1.82) is 0 Å². The summed E-state index contributed by atoms with van der Waals surface area (Å²) < 4.78 is 5.42. The van der Waals surface area contributed by atoms with Crippen LogP contribution in [-0.4, -0.2) is 20.2 Å². The van der Waals surface area contributed by atoms with E-state index in [2.05, 4.69) is 29.6 Å². The molecule has 2 nitrogen and oxygen atoms in total. The lowest BCUT2D eigenvalue weighted by Gasteiger charge is -2.04. The van der Waals surface area contributed by atoms with Crippen LogP contribution in [0.5, 0.6) is 5.75 Å². The number of benzene rings is 1. The van der Waals surface area contributed by atoms with Gasteiger partial charge in [-0.1, -0.05) is 12.1 Å². The zero-order valence-electron chi connectivity index (χ0n) is 9.49. The van der Waals surface area contributed by atoms with Gasteiger partial charge in [0.2, 0.25) is 0 Å². The standard InChI is InChI=1S/C13H19NO/c1-3-15-12-6-4-10(5-7-12)13-8-11(13)9-14-2/h4-7,11,13-14H,3,8-9H2,1-2H3/t11-,13-/m1/s1. The minimum atomic E-state index is 0.741. The van der Waals surface area contributed by atoms with Crippen molar-refractivity contribution < 1.29 is 4.74 Å². The molecule has 1 aromatic rings. The van der Waals surface area contributed by atoms with Crippen LogP contribution in [0.4, 0.5) is 0 Å². The average Bonchev–Trinajstić information content (AvgIpc) is 3.00. The maximum Gasteiger partial charge on any atom is 0.119 e. The lowest BCUT2D eigenvalue weighted by Crippen LogP contribution is -2.10. The second kappa shape index (κ2) is 4.67. The Morgan fingerprint density at radius 2 is 2.07 bits per heavy atom. The third-order valence-electron chi connectivity index (χ3n) is 3.01. The van der Waals surface area contributed by atoms with Gasteiger partial charge in [0.05, 0.1) is 6.61 Å². The van der Waals surface area contributed by atoms with Crippen LogP contribution >= 0.6 is 0 Å². The van der Waals surface area contributed by atoms with E-state index >= 15 is 0 Å². The molecule has 0 aromatic heterocycles. The van der Waals surface area contributed by atoms with E-state index in [0.29, 0.717) is 0 Å². The highest BCUT2D eigenvalue weighted by Gasteiger charge is 2.37. The van der Waals surface area contributed by atoms with Crippen LogP contribution in [0.25, 0.3) is 0 Å². The number of hydrogen-bond donors (Lipinski definition) is 1. The fourth-order valence-electron chi connectivity index (χ4n) is 2.12. The van der Waals surface area contributed by atoms with Gasteiger partial charge in [0, 0.05) is 0 Å². The molecular weight excluding hydrogens is 186 g/mol. The second-order valence-electron chi connectivity index (χ2n) is 4.16. The molecule has 82 valence electrons. The zero-order chi connectivity index (χ0) is 10.7. The van der Waals surface area contributed by atoms with Crippen LogP contribution in [0.1, 0.15) is 24.8 Å². The van der Waals surface area contributed by atoms with E-state index in [-0.39, 0.29) is 0 Å². The molecular formula is C13H19NO. The summed E-state index contributed by atoms with van der Waals surface area (Å²) in [5.41, 5.74) is 1.46. The molecule has 0 heterocycles. The Morgan fingerprint density at radius 1 is 1.33 bits per heavy atom. The Bertz CT molecular complexity index is 307. The molecule has 15 heavy (non-hydrogen) atoms. The predicted molar refractivity (Wildman–Crippen MR) is 62.4 cm³/mol. The smallest absolute Gasteiger partial charge is 0.119 e. The van der Waals surface area contributed by atoms with E-state index in [1.165, 1.54) is 12.0 Å². The number of rotatable bonds is 5. The van der Waals surface area contributed by atoms with E-state index < -0.39 is 0 Å². The van der Waals surface area contributed by atoms with Crippen LogP contribution in [0, 0.1) is 5.92 Å². The summed E-state index contributed by atoms with van der Waals surface area (Å²) >= 11 is 0. The number of nitrogens with one attached hydrogen (secondary N) is 1. The Morgan fingerprint density at radius 3 is 2.67 bits per heavy atom. The molecule has 0 aliphatic heterocycles. The van der Waals surface area contributed by atoms with Crippen LogP contribution < -0.4 is 10.1 Å². The molecule has 0 amide bonds. The highest BCUT2D eigenvalue weighted by Crippen LogP contribution is 2.47. The van der Waals surface area contributed by atoms with Crippen LogP contribution in [0.15, 0.2) is 24.3 Å². The van der Waals surface area contributed by atoms with E-state index in [9.17, 15) is 0 Å². The molecule has 2 rings (SSSR count). The molecule has 1 aliphatic carbocycles. The Labute approximate surface area is 91.6 Å². The van der Waals surface area contributed by atoms with Crippen molar-refractivity contribution in [2.45, 2.75) is 19.3 Å². The van der Waals surface area contributed by atoms with Crippen molar-refractivity contribution in [3.8, 4) is 5.75 Å². The molecule has 1 aromatic carbocycles. The van der Waals surface area contributed by atoms with Crippen molar-refractivity contribution in [3.05, 3.63) is 29.8 Å². The topological polar surface area (TPSA) is 21.3 Å². The second-order valence-corrected chi connectivity index (χ2v) is 4.16. The van der Waals surface area contributed by atoms with Crippen molar-refractivity contribution in [1.82, 2.24) is 5.32 Å². The van der Waals surface area contributed by atoms with E-state index in [4.69, 9.17) is 4.74 Å². The summed E-state index contributed by atoms with van der Waals surface area (Å²) in [5.74, 6) is 2.59. The van der Waals surface area contributed by atoms with Crippen molar-refractivity contribution in [3.63, 3.8) is 0 Å². The fraction of sp³-hybridized carbons (Fsp3) is 0.538. The molecule has 1 fully saturated rings. The minimum Gasteiger partial charge on any atom is -0.494 e. The average molecular weight is 205 g/mol. The molecule has 0 saturated heterocycles. The van der Waals surface area contributed by atoms with Gasteiger partial charge in [-0.3, -0.25) is 0 Å². The number of hydrogen-bond acceptors (Lipinski definition) is 2. The van der Waals surface area contributed by atoms with Gasteiger partial charge < -0.3 is 10.1 Å². The molecule has 0 radical (unpaired) electrons. The normalized spacial score (nSPS) is 23.9. The third-order valence-corrected chi connectivity index (χ3v) is 3.01. The van der Waals surface area contributed by atoms with Gasteiger partial charge in [0.25, 0.3) is 0 Å². The maximum absolute atomic E-state index is 5.42. The largest absolute Gasteiger partial charge is 0.494 e. The first kappa shape index (κ1) is 10.5. The lowest BCUT2D eigenvalue weighted by molar-refractivity contribution is 0.340. The molecule has 2 heteroatoms. The molecule has 0 bridgehead atoms. The predicted octanol–water partition coefficient (Wildman–Crippen LogP) is 2.41. The Balaban J connectivity index is 1.94. The van der Waals surface area contributed by atoms with Gasteiger partial charge in [0.15, 0.2) is 0 Å². The van der Waals surface area contributed by atoms with Gasteiger partial charge in [-0.15, -0.1) is 0 Å². The fourth-order valence-corrected chi connectivity index (χ4v) is 2.12. The zero-order valence-corrected chi connectivity index (χ0v) is 9.49. The highest BCUT2D eigenvalue weighted by atomic mass is 16.5. The van der Waals surface area contributed by atoms with Crippen LogP contribution in [0.3, 0.4) is 0 Å². The summed E-state index contributed by atoms with van der Waals surface area (Å²) in [5, 5.41) is 3.24. The molecule has 2 atom stereocenters. The summed E-state index contributed by atoms with van der Waals surface area (Å²) in [6.07, 6.45) is 1.33. The van der Waals surface area contributed by atoms with Crippen LogP contribution in [0.2, 0.25) is 0 Å². The molecule has 0 spiro atoms. The summed E-state index contributed by atoms with van der Waals surface area (Å²) in [6, 6.07) is 8.55. The number of ether oxygens (including phenoxy) is 1. The lowest BCUT2D eigenvalue weighted by atomic mass is 10.1. The minimum absolute atomic E-state index is 0.741. The highest BCUT2D eigenvalue weighted by molar-refractivity contribution is 5.32. The van der Waals surface area contributed by atoms with Crippen molar-refractivity contribution >= 4 is 0 Å². The first-order chi connectivity index (χ1) is 7.35. The van der Waals surface area contributed by atoms with E-state index in [1.54, 1.807) is 0 Å². The van der Waals surface area contributed by atoms with Gasteiger partial charge >= 0.3 is 0 Å². The Hall–Kier alpha value is -1.02.